The fourth-order valence-corrected chi connectivity index (χ4v) is 2.51. The molecule has 1 aromatic carbocycles. The Labute approximate surface area is 117 Å². The summed E-state index contributed by atoms with van der Waals surface area (Å²) in [6.45, 7) is 2.43. The number of rotatable bonds is 5. The van der Waals surface area contributed by atoms with E-state index in [4.69, 9.17) is 0 Å². The van der Waals surface area contributed by atoms with Gasteiger partial charge >= 0.3 is 0 Å². The van der Waals surface area contributed by atoms with Crippen molar-refractivity contribution in [2.45, 2.75) is 23.6 Å². The lowest BCUT2D eigenvalue weighted by Crippen LogP contribution is -2.30. The van der Waals surface area contributed by atoms with E-state index in [0.717, 1.165) is 10.5 Å². The van der Waals surface area contributed by atoms with Gasteiger partial charge in [-0.3, -0.25) is 9.78 Å². The average Bonchev–Trinajstić information content (AvgIpc) is 2.47. The minimum absolute atomic E-state index is 0.0395. The fourth-order valence-electron chi connectivity index (χ4n) is 1.59. The molecule has 98 valence electrons. The number of carbonyl (C=O) groups excluding carboxylic acids is 1. The van der Waals surface area contributed by atoms with E-state index >= 15 is 0 Å². The van der Waals surface area contributed by atoms with Crippen LogP contribution in [-0.4, -0.2) is 16.1 Å². The summed E-state index contributed by atoms with van der Waals surface area (Å²) in [5.74, 6) is 0.0395. The SMILES string of the molecule is CC(Sc1ccccc1)C(=O)NCc1cccnc1. The number of hydrogen-bond acceptors (Lipinski definition) is 3. The second kappa shape index (κ2) is 6.95. The molecule has 1 aromatic heterocycles. The maximum atomic E-state index is 12.0. The summed E-state index contributed by atoms with van der Waals surface area (Å²) in [4.78, 5) is 17.1. The average molecular weight is 272 g/mol. The number of nitrogens with zero attached hydrogens (tertiary/aromatic N) is 1. The maximum Gasteiger partial charge on any atom is 0.233 e. The first-order chi connectivity index (χ1) is 9.25. The zero-order chi connectivity index (χ0) is 13.5. The van der Waals surface area contributed by atoms with Crippen molar-refractivity contribution in [1.82, 2.24) is 10.3 Å². The van der Waals surface area contributed by atoms with Crippen molar-refractivity contribution >= 4 is 17.7 Å². The molecule has 0 spiro atoms. The lowest BCUT2D eigenvalue weighted by Gasteiger charge is -2.11. The van der Waals surface area contributed by atoms with Crippen molar-refractivity contribution in [1.29, 1.82) is 0 Å². The molecule has 0 saturated carbocycles. The molecule has 3 nitrogen and oxygen atoms in total. The van der Waals surface area contributed by atoms with Gasteiger partial charge < -0.3 is 5.32 Å². The molecule has 1 unspecified atom stereocenters. The predicted octanol–water partition coefficient (Wildman–Crippen LogP) is 2.88. The number of aromatic nitrogens is 1. The van der Waals surface area contributed by atoms with Crippen molar-refractivity contribution in [2.75, 3.05) is 0 Å². The molecule has 1 N–H and O–H groups in total. The van der Waals surface area contributed by atoms with Gasteiger partial charge in [0.25, 0.3) is 0 Å². The molecule has 1 atom stereocenters. The Morgan fingerprint density at radius 1 is 1.26 bits per heavy atom. The third-order valence-corrected chi connectivity index (χ3v) is 3.73. The maximum absolute atomic E-state index is 12.0. The Hall–Kier alpha value is -1.81. The second-order valence-corrected chi connectivity index (χ2v) is 5.57. The summed E-state index contributed by atoms with van der Waals surface area (Å²) in [5.41, 5.74) is 1.01. The quantitative estimate of drug-likeness (QED) is 0.851. The van der Waals surface area contributed by atoms with Crippen LogP contribution in [0.3, 0.4) is 0 Å². The standard InChI is InChI=1S/C15H16N2OS/c1-12(19-14-7-3-2-4-8-14)15(18)17-11-13-6-5-9-16-10-13/h2-10,12H,11H2,1H3,(H,17,18). The minimum Gasteiger partial charge on any atom is -0.351 e. The smallest absolute Gasteiger partial charge is 0.233 e. The number of nitrogens with one attached hydrogen (secondary N) is 1. The van der Waals surface area contributed by atoms with Gasteiger partial charge in [0.15, 0.2) is 0 Å². The van der Waals surface area contributed by atoms with Gasteiger partial charge in [0.05, 0.1) is 5.25 Å². The van der Waals surface area contributed by atoms with E-state index in [1.807, 2.05) is 49.4 Å². The van der Waals surface area contributed by atoms with Crippen LogP contribution in [0.15, 0.2) is 59.8 Å². The monoisotopic (exact) mass is 272 g/mol. The Balaban J connectivity index is 1.83. The van der Waals surface area contributed by atoms with E-state index < -0.39 is 0 Å². The van der Waals surface area contributed by atoms with Crippen LogP contribution in [0.2, 0.25) is 0 Å². The Bertz CT molecular complexity index is 516. The molecular formula is C15H16N2OS. The highest BCUT2D eigenvalue weighted by molar-refractivity contribution is 8.00. The predicted molar refractivity (Wildman–Crippen MR) is 77.8 cm³/mol. The number of pyridine rings is 1. The molecule has 2 rings (SSSR count). The molecule has 1 heterocycles. The second-order valence-electron chi connectivity index (χ2n) is 4.15. The summed E-state index contributed by atoms with van der Waals surface area (Å²) in [5, 5.41) is 2.81. The van der Waals surface area contributed by atoms with Gasteiger partial charge in [-0.2, -0.15) is 0 Å². The molecule has 0 fully saturated rings. The third-order valence-electron chi connectivity index (χ3n) is 2.61. The first-order valence-electron chi connectivity index (χ1n) is 6.14. The third kappa shape index (κ3) is 4.41. The molecule has 0 aliphatic heterocycles. The normalized spacial score (nSPS) is 11.8. The lowest BCUT2D eigenvalue weighted by molar-refractivity contribution is -0.120. The van der Waals surface area contributed by atoms with Crippen LogP contribution in [0, 0.1) is 0 Å². The molecule has 4 heteroatoms. The van der Waals surface area contributed by atoms with Crippen LogP contribution in [0.4, 0.5) is 0 Å². The van der Waals surface area contributed by atoms with Crippen molar-refractivity contribution in [3.63, 3.8) is 0 Å². The fraction of sp³-hybridized carbons (Fsp3) is 0.200. The summed E-state index contributed by atoms with van der Waals surface area (Å²) < 4.78 is 0. The molecule has 19 heavy (non-hydrogen) atoms. The summed E-state index contributed by atoms with van der Waals surface area (Å²) in [7, 11) is 0. The van der Waals surface area contributed by atoms with E-state index in [-0.39, 0.29) is 11.2 Å². The summed E-state index contributed by atoms with van der Waals surface area (Å²) in [6.07, 6.45) is 3.48. The van der Waals surface area contributed by atoms with Crippen LogP contribution in [0.5, 0.6) is 0 Å². The topological polar surface area (TPSA) is 42.0 Å². The Morgan fingerprint density at radius 2 is 2.05 bits per heavy atom. The Kier molecular flexibility index (Phi) is 4.98. The van der Waals surface area contributed by atoms with Crippen molar-refractivity contribution < 1.29 is 4.79 Å². The molecular weight excluding hydrogens is 256 g/mol. The first kappa shape index (κ1) is 13.6. The molecule has 0 radical (unpaired) electrons. The summed E-state index contributed by atoms with van der Waals surface area (Å²) >= 11 is 1.56. The summed E-state index contributed by atoms with van der Waals surface area (Å²) in [6, 6.07) is 13.7. The molecule has 0 aliphatic carbocycles. The molecule has 0 saturated heterocycles. The molecule has 1 amide bonds. The van der Waals surface area contributed by atoms with E-state index in [1.54, 1.807) is 24.2 Å². The van der Waals surface area contributed by atoms with Gasteiger partial charge in [-0.05, 0) is 30.7 Å². The van der Waals surface area contributed by atoms with Crippen LogP contribution >= 0.6 is 11.8 Å². The first-order valence-corrected chi connectivity index (χ1v) is 7.02. The lowest BCUT2D eigenvalue weighted by atomic mass is 10.3. The van der Waals surface area contributed by atoms with Gasteiger partial charge in [0.1, 0.15) is 0 Å². The Morgan fingerprint density at radius 3 is 2.74 bits per heavy atom. The zero-order valence-corrected chi connectivity index (χ0v) is 11.6. The van der Waals surface area contributed by atoms with Gasteiger partial charge in [0, 0.05) is 23.8 Å². The number of benzene rings is 1. The number of hydrogen-bond donors (Lipinski definition) is 1. The highest BCUT2D eigenvalue weighted by Crippen LogP contribution is 2.22. The number of amides is 1. The van der Waals surface area contributed by atoms with Crippen LogP contribution in [0.1, 0.15) is 12.5 Å². The van der Waals surface area contributed by atoms with Crippen molar-refractivity contribution in [2.24, 2.45) is 0 Å². The number of thioether (sulfide) groups is 1. The largest absolute Gasteiger partial charge is 0.351 e. The van der Waals surface area contributed by atoms with E-state index in [0.29, 0.717) is 6.54 Å². The minimum atomic E-state index is -0.112. The zero-order valence-electron chi connectivity index (χ0n) is 10.7. The molecule has 0 bridgehead atoms. The van der Waals surface area contributed by atoms with E-state index in [1.165, 1.54) is 0 Å². The van der Waals surface area contributed by atoms with Crippen LogP contribution < -0.4 is 5.32 Å². The molecule has 2 aromatic rings. The highest BCUT2D eigenvalue weighted by atomic mass is 32.2. The van der Waals surface area contributed by atoms with Crippen LogP contribution in [0.25, 0.3) is 0 Å². The van der Waals surface area contributed by atoms with Crippen molar-refractivity contribution in [3.05, 3.63) is 60.4 Å². The molecule has 0 aliphatic rings. The highest BCUT2D eigenvalue weighted by Gasteiger charge is 2.13. The van der Waals surface area contributed by atoms with Crippen molar-refractivity contribution in [3.8, 4) is 0 Å². The van der Waals surface area contributed by atoms with E-state index in [2.05, 4.69) is 10.3 Å². The van der Waals surface area contributed by atoms with Gasteiger partial charge in [0.2, 0.25) is 5.91 Å². The van der Waals surface area contributed by atoms with Crippen LogP contribution in [-0.2, 0) is 11.3 Å². The number of carbonyl (C=O) groups is 1. The van der Waals surface area contributed by atoms with Gasteiger partial charge in [-0.25, -0.2) is 0 Å². The van der Waals surface area contributed by atoms with Gasteiger partial charge in [-0.15, -0.1) is 11.8 Å². The van der Waals surface area contributed by atoms with E-state index in [9.17, 15) is 4.79 Å². The van der Waals surface area contributed by atoms with Gasteiger partial charge in [-0.1, -0.05) is 24.3 Å².